The third kappa shape index (κ3) is 3.23. The summed E-state index contributed by atoms with van der Waals surface area (Å²) in [4.78, 5) is 0. The van der Waals surface area contributed by atoms with Crippen molar-refractivity contribution in [3.63, 3.8) is 0 Å². The van der Waals surface area contributed by atoms with Crippen molar-refractivity contribution >= 4 is 0 Å². The quantitative estimate of drug-likeness (QED) is 0.836. The monoisotopic (exact) mass is 244 g/mol. The second-order valence-corrected chi connectivity index (χ2v) is 4.55. The van der Waals surface area contributed by atoms with Crippen molar-refractivity contribution in [1.29, 1.82) is 0 Å². The highest BCUT2D eigenvalue weighted by Gasteiger charge is 2.13. The van der Waals surface area contributed by atoms with E-state index < -0.39 is 6.10 Å². The van der Waals surface area contributed by atoms with Gasteiger partial charge in [-0.25, -0.2) is 0 Å². The lowest BCUT2D eigenvalue weighted by Crippen LogP contribution is -2.00. The van der Waals surface area contributed by atoms with Crippen LogP contribution >= 0.6 is 0 Å². The number of benzene rings is 1. The number of aliphatic hydroxyl groups is 1. The summed E-state index contributed by atoms with van der Waals surface area (Å²) in [5.41, 5.74) is 2.28. The van der Waals surface area contributed by atoms with Crippen LogP contribution in [0.25, 0.3) is 0 Å². The zero-order valence-electron chi connectivity index (χ0n) is 10.8. The van der Waals surface area contributed by atoms with Crippen LogP contribution in [0.1, 0.15) is 42.8 Å². The maximum Gasteiger partial charge on any atom is 0.109 e. The molecule has 0 fully saturated rings. The number of aryl methyl sites for hydroxylation is 2. The fraction of sp³-hybridized carbons (Fsp3) is 0.375. The van der Waals surface area contributed by atoms with E-state index in [1.54, 1.807) is 6.26 Å². The van der Waals surface area contributed by atoms with Crippen molar-refractivity contribution in [2.45, 2.75) is 38.7 Å². The lowest BCUT2D eigenvalue weighted by molar-refractivity contribution is 0.162. The Morgan fingerprint density at radius 3 is 2.67 bits per heavy atom. The summed E-state index contributed by atoms with van der Waals surface area (Å²) in [6, 6.07) is 12.3. The normalized spacial score (nSPS) is 12.6. The van der Waals surface area contributed by atoms with Gasteiger partial charge in [-0.2, -0.15) is 0 Å². The lowest BCUT2D eigenvalue weighted by Gasteiger charge is -2.10. The van der Waals surface area contributed by atoms with Crippen LogP contribution in [0.3, 0.4) is 0 Å². The third-order valence-corrected chi connectivity index (χ3v) is 3.25. The molecule has 0 saturated carbocycles. The average Bonchev–Trinajstić information content (AvgIpc) is 2.88. The largest absolute Gasteiger partial charge is 0.469 e. The molecule has 1 aromatic carbocycles. The lowest BCUT2D eigenvalue weighted by atomic mass is 10.0. The highest BCUT2D eigenvalue weighted by molar-refractivity contribution is 5.20. The van der Waals surface area contributed by atoms with Crippen LogP contribution < -0.4 is 0 Å². The number of hydrogen-bond donors (Lipinski definition) is 1. The van der Waals surface area contributed by atoms with Gasteiger partial charge in [-0.1, -0.05) is 37.3 Å². The summed E-state index contributed by atoms with van der Waals surface area (Å²) in [5.74, 6) is 0.905. The first-order valence-electron chi connectivity index (χ1n) is 6.59. The summed E-state index contributed by atoms with van der Waals surface area (Å²) in [5, 5.41) is 10.1. The second-order valence-electron chi connectivity index (χ2n) is 4.55. The minimum atomic E-state index is -0.401. The maximum absolute atomic E-state index is 10.1. The molecule has 0 bridgehead atoms. The zero-order chi connectivity index (χ0) is 12.8. The van der Waals surface area contributed by atoms with E-state index >= 15 is 0 Å². The predicted octanol–water partition coefficient (Wildman–Crippen LogP) is 3.90. The highest BCUT2D eigenvalue weighted by atomic mass is 16.3. The van der Waals surface area contributed by atoms with Gasteiger partial charge in [0.2, 0.25) is 0 Å². The molecule has 0 radical (unpaired) electrons. The van der Waals surface area contributed by atoms with Crippen molar-refractivity contribution in [3.8, 4) is 0 Å². The average molecular weight is 244 g/mol. The Hall–Kier alpha value is -1.54. The molecule has 1 N–H and O–H groups in total. The van der Waals surface area contributed by atoms with Gasteiger partial charge in [-0.15, -0.1) is 0 Å². The van der Waals surface area contributed by atoms with Gasteiger partial charge >= 0.3 is 0 Å². The molecule has 2 nitrogen and oxygen atoms in total. The molecular formula is C16H20O2. The highest BCUT2D eigenvalue weighted by Crippen LogP contribution is 2.24. The zero-order valence-corrected chi connectivity index (χ0v) is 10.8. The van der Waals surface area contributed by atoms with E-state index in [1.807, 2.05) is 19.1 Å². The molecule has 1 atom stereocenters. The number of aliphatic hydroxyl groups excluding tert-OH is 1. The first-order chi connectivity index (χ1) is 8.81. The van der Waals surface area contributed by atoms with E-state index in [4.69, 9.17) is 4.42 Å². The van der Waals surface area contributed by atoms with Gasteiger partial charge in [0.15, 0.2) is 0 Å². The van der Waals surface area contributed by atoms with Crippen LogP contribution in [0, 0.1) is 0 Å². The van der Waals surface area contributed by atoms with Crippen LogP contribution in [-0.2, 0) is 12.8 Å². The Bertz CT molecular complexity index is 459. The van der Waals surface area contributed by atoms with Crippen molar-refractivity contribution in [2.24, 2.45) is 0 Å². The van der Waals surface area contributed by atoms with Gasteiger partial charge in [-0.3, -0.25) is 0 Å². The van der Waals surface area contributed by atoms with Crippen LogP contribution in [0.2, 0.25) is 0 Å². The van der Waals surface area contributed by atoms with E-state index in [0.717, 1.165) is 37.0 Å². The summed E-state index contributed by atoms with van der Waals surface area (Å²) in [7, 11) is 0. The molecule has 0 aliphatic carbocycles. The minimum absolute atomic E-state index is 0.401. The van der Waals surface area contributed by atoms with Crippen LogP contribution in [0.5, 0.6) is 0 Å². The molecule has 1 aromatic heterocycles. The molecule has 18 heavy (non-hydrogen) atoms. The summed E-state index contributed by atoms with van der Waals surface area (Å²) >= 11 is 0. The standard InChI is InChI=1S/C16H20O2/c1-2-16-14(11-12-18-16)15(17)10-6-9-13-7-4-3-5-8-13/h3-5,7-8,11-12,15,17H,2,6,9-10H2,1H3. The summed E-state index contributed by atoms with van der Waals surface area (Å²) in [6.45, 7) is 2.04. The first-order valence-corrected chi connectivity index (χ1v) is 6.59. The molecule has 96 valence electrons. The van der Waals surface area contributed by atoms with Crippen LogP contribution in [0.4, 0.5) is 0 Å². The van der Waals surface area contributed by atoms with Crippen LogP contribution in [0.15, 0.2) is 47.1 Å². The van der Waals surface area contributed by atoms with E-state index in [9.17, 15) is 5.11 Å². The maximum atomic E-state index is 10.1. The summed E-state index contributed by atoms with van der Waals surface area (Å²) < 4.78 is 5.34. The van der Waals surface area contributed by atoms with E-state index in [0.29, 0.717) is 0 Å². The van der Waals surface area contributed by atoms with Gasteiger partial charge in [0.1, 0.15) is 5.76 Å². The molecule has 2 aromatic rings. The third-order valence-electron chi connectivity index (χ3n) is 3.25. The Balaban J connectivity index is 1.84. The van der Waals surface area contributed by atoms with Gasteiger partial charge in [-0.05, 0) is 30.9 Å². The van der Waals surface area contributed by atoms with Crippen molar-refractivity contribution in [2.75, 3.05) is 0 Å². The summed E-state index contributed by atoms with van der Waals surface area (Å²) in [6.07, 6.45) is 4.87. The molecule has 2 rings (SSSR count). The molecular weight excluding hydrogens is 224 g/mol. The van der Waals surface area contributed by atoms with Crippen LogP contribution in [-0.4, -0.2) is 5.11 Å². The van der Waals surface area contributed by atoms with Crippen molar-refractivity contribution in [3.05, 3.63) is 59.5 Å². The van der Waals surface area contributed by atoms with Gasteiger partial charge in [0.25, 0.3) is 0 Å². The van der Waals surface area contributed by atoms with E-state index in [2.05, 4.69) is 24.3 Å². The van der Waals surface area contributed by atoms with Crippen molar-refractivity contribution < 1.29 is 9.52 Å². The molecule has 0 amide bonds. The van der Waals surface area contributed by atoms with Gasteiger partial charge < -0.3 is 9.52 Å². The molecule has 0 aliphatic heterocycles. The molecule has 0 aliphatic rings. The molecule has 1 heterocycles. The topological polar surface area (TPSA) is 33.4 Å². The SMILES string of the molecule is CCc1occc1C(O)CCCc1ccccc1. The van der Waals surface area contributed by atoms with Gasteiger partial charge in [0.05, 0.1) is 12.4 Å². The Labute approximate surface area is 108 Å². The number of furan rings is 1. The Morgan fingerprint density at radius 2 is 1.94 bits per heavy atom. The smallest absolute Gasteiger partial charge is 0.109 e. The second kappa shape index (κ2) is 6.41. The van der Waals surface area contributed by atoms with Gasteiger partial charge in [0, 0.05) is 12.0 Å². The minimum Gasteiger partial charge on any atom is -0.469 e. The van der Waals surface area contributed by atoms with E-state index in [-0.39, 0.29) is 0 Å². The number of rotatable bonds is 6. The molecule has 0 spiro atoms. The molecule has 2 heteroatoms. The van der Waals surface area contributed by atoms with E-state index in [1.165, 1.54) is 5.56 Å². The first kappa shape index (κ1) is 12.9. The fourth-order valence-corrected chi connectivity index (χ4v) is 2.23. The Kier molecular flexibility index (Phi) is 4.59. The molecule has 0 saturated heterocycles. The molecule has 1 unspecified atom stereocenters. The number of hydrogen-bond acceptors (Lipinski definition) is 2. The van der Waals surface area contributed by atoms with Crippen molar-refractivity contribution in [1.82, 2.24) is 0 Å². The predicted molar refractivity (Wildman–Crippen MR) is 72.4 cm³/mol. The fourth-order valence-electron chi connectivity index (χ4n) is 2.23. The Morgan fingerprint density at radius 1 is 1.17 bits per heavy atom.